The number of benzene rings is 2. The van der Waals surface area contributed by atoms with Gasteiger partial charge >= 0.3 is 0 Å². The third kappa shape index (κ3) is 11.9. The van der Waals surface area contributed by atoms with Gasteiger partial charge in [-0.25, -0.2) is 0 Å². The van der Waals surface area contributed by atoms with Crippen molar-refractivity contribution in [3.05, 3.63) is 47.5 Å². The molecule has 5 atom stereocenters. The van der Waals surface area contributed by atoms with Gasteiger partial charge in [-0.2, -0.15) is 0 Å². The lowest BCUT2D eigenvalue weighted by atomic mass is 9.95. The molecule has 1 aliphatic heterocycles. The van der Waals surface area contributed by atoms with Gasteiger partial charge in [0.1, 0.15) is 35.7 Å². The van der Waals surface area contributed by atoms with Crippen molar-refractivity contribution in [2.45, 2.75) is 68.7 Å². The summed E-state index contributed by atoms with van der Waals surface area (Å²) < 4.78 is 0. The third-order valence-electron chi connectivity index (χ3n) is 8.78. The highest BCUT2D eigenvalue weighted by atomic mass is 16.3. The van der Waals surface area contributed by atoms with Crippen molar-refractivity contribution in [2.24, 2.45) is 11.5 Å². The summed E-state index contributed by atoms with van der Waals surface area (Å²) in [5, 5.41) is 50.5. The molecule has 2 aromatic carbocycles. The molecule has 286 valence electrons. The number of hydrogen-bond acceptors (Lipinski definition) is 12. The molecule has 0 aliphatic carbocycles. The Morgan fingerprint density at radius 2 is 1.48 bits per heavy atom. The lowest BCUT2D eigenvalue weighted by Crippen LogP contribution is -2.60. The van der Waals surface area contributed by atoms with Gasteiger partial charge in [0, 0.05) is 25.9 Å². The van der Waals surface area contributed by atoms with E-state index in [-0.39, 0.29) is 56.8 Å². The molecule has 0 spiro atoms. The highest BCUT2D eigenvalue weighted by Crippen LogP contribution is 2.31. The first-order valence-corrected chi connectivity index (χ1v) is 17.4. The summed E-state index contributed by atoms with van der Waals surface area (Å²) in [5.41, 5.74) is 13.2. The summed E-state index contributed by atoms with van der Waals surface area (Å²) in [6.45, 7) is 0.267. The zero-order chi connectivity index (χ0) is 38.2. The Labute approximate surface area is 303 Å². The highest BCUT2D eigenvalue weighted by molar-refractivity contribution is 5.96. The zero-order valence-corrected chi connectivity index (χ0v) is 29.7. The molecule has 17 nitrogen and oxygen atoms in total. The number of carbonyl (C=O) groups excluding carboxylic acids is 5. The molecule has 5 amide bonds. The lowest BCUT2D eigenvalue weighted by molar-refractivity contribution is -0.135. The Bertz CT molecular complexity index is 1540. The van der Waals surface area contributed by atoms with Crippen LogP contribution >= 0.6 is 0 Å². The molecule has 0 unspecified atom stereocenters. The Kier molecular flexibility index (Phi) is 16.7. The van der Waals surface area contributed by atoms with E-state index in [1.165, 1.54) is 12.1 Å². The quantitative estimate of drug-likeness (QED) is 0.0782. The number of amides is 5. The van der Waals surface area contributed by atoms with Crippen LogP contribution in [0.15, 0.2) is 36.4 Å². The summed E-state index contributed by atoms with van der Waals surface area (Å²) in [4.78, 5) is 67.4. The minimum atomic E-state index is -1.35. The molecule has 4 bridgehead atoms. The van der Waals surface area contributed by atoms with Gasteiger partial charge in [0.2, 0.25) is 29.5 Å². The molecule has 52 heavy (non-hydrogen) atoms. The maximum atomic E-state index is 14.1. The molecular weight excluding hydrogens is 674 g/mol. The number of hydrogen-bond donors (Lipinski definition) is 12. The number of phenols is 2. The maximum absolute atomic E-state index is 14.1. The number of aliphatic hydroxyl groups is 1. The van der Waals surface area contributed by atoms with Crippen molar-refractivity contribution < 1.29 is 39.3 Å². The van der Waals surface area contributed by atoms with E-state index in [1.54, 1.807) is 38.4 Å². The van der Waals surface area contributed by atoms with Crippen molar-refractivity contribution in [1.29, 1.82) is 0 Å². The van der Waals surface area contributed by atoms with Crippen molar-refractivity contribution in [1.82, 2.24) is 37.2 Å². The number of fused-ring (bicyclic) bond motifs is 5. The number of likely N-dealkylation sites (N-methyl/N-ethyl adjacent to an activating group) is 1. The van der Waals surface area contributed by atoms with Crippen LogP contribution in [0, 0.1) is 0 Å². The number of carbonyl (C=O) groups is 5. The molecular formula is C35H53N9O8. The molecule has 1 heterocycles. The Morgan fingerprint density at radius 3 is 2.06 bits per heavy atom. The molecule has 0 radical (unpaired) electrons. The number of aromatic hydroxyl groups is 2. The van der Waals surface area contributed by atoms with Gasteiger partial charge in [-0.15, -0.1) is 0 Å². The van der Waals surface area contributed by atoms with E-state index in [9.17, 15) is 39.3 Å². The summed E-state index contributed by atoms with van der Waals surface area (Å²) >= 11 is 0. The van der Waals surface area contributed by atoms with Gasteiger partial charge in [0.15, 0.2) is 0 Å². The van der Waals surface area contributed by atoms with Gasteiger partial charge in [-0.3, -0.25) is 24.0 Å². The molecule has 0 fully saturated rings. The molecule has 0 saturated heterocycles. The molecule has 14 N–H and O–H groups in total. The van der Waals surface area contributed by atoms with E-state index in [4.69, 9.17) is 11.5 Å². The summed E-state index contributed by atoms with van der Waals surface area (Å²) in [7, 11) is 3.34. The van der Waals surface area contributed by atoms with Crippen LogP contribution in [0.4, 0.5) is 0 Å². The first-order valence-electron chi connectivity index (χ1n) is 17.4. The number of nitrogens with one attached hydrogen (secondary N) is 7. The third-order valence-corrected chi connectivity index (χ3v) is 8.78. The van der Waals surface area contributed by atoms with Crippen LogP contribution < -0.4 is 48.7 Å². The van der Waals surface area contributed by atoms with Crippen molar-refractivity contribution >= 4 is 29.5 Å². The van der Waals surface area contributed by atoms with E-state index < -0.39 is 66.4 Å². The van der Waals surface area contributed by atoms with Crippen LogP contribution in [-0.4, -0.2) is 122 Å². The molecule has 0 saturated carbocycles. The van der Waals surface area contributed by atoms with Crippen LogP contribution in [0.25, 0.3) is 11.1 Å². The Balaban J connectivity index is 2.05. The van der Waals surface area contributed by atoms with Crippen LogP contribution in [0.1, 0.15) is 36.8 Å². The average molecular weight is 728 g/mol. The van der Waals surface area contributed by atoms with E-state index in [2.05, 4.69) is 37.2 Å². The van der Waals surface area contributed by atoms with E-state index in [0.29, 0.717) is 41.6 Å². The second kappa shape index (κ2) is 20.9. The summed E-state index contributed by atoms with van der Waals surface area (Å²) in [6.07, 6.45) is 0.956. The minimum Gasteiger partial charge on any atom is -0.508 e. The summed E-state index contributed by atoms with van der Waals surface area (Å²) in [5.74, 6) is -3.56. The number of rotatable bonds is 16. The van der Waals surface area contributed by atoms with Gasteiger partial charge in [-0.1, -0.05) is 12.1 Å². The van der Waals surface area contributed by atoms with Crippen LogP contribution in [-0.2, 0) is 36.8 Å². The fourth-order valence-electron chi connectivity index (χ4n) is 5.78. The van der Waals surface area contributed by atoms with Gasteiger partial charge in [-0.05, 0) is 99.4 Å². The fourth-order valence-corrected chi connectivity index (χ4v) is 5.78. The average Bonchev–Trinajstić information content (AvgIpc) is 3.13. The van der Waals surface area contributed by atoms with Crippen molar-refractivity contribution in [3.8, 4) is 22.6 Å². The summed E-state index contributed by atoms with van der Waals surface area (Å²) in [6, 6.07) is 3.89. The number of aliphatic hydroxyl groups excluding tert-OH is 1. The second-order valence-electron chi connectivity index (χ2n) is 12.6. The second-order valence-corrected chi connectivity index (χ2v) is 12.6. The smallest absolute Gasteiger partial charge is 0.245 e. The van der Waals surface area contributed by atoms with Crippen molar-refractivity contribution in [3.63, 3.8) is 0 Å². The van der Waals surface area contributed by atoms with E-state index >= 15 is 0 Å². The first kappa shape index (κ1) is 41.6. The number of nitrogens with two attached hydrogens (primary N) is 2. The Morgan fingerprint density at radius 1 is 0.827 bits per heavy atom. The molecule has 1 aliphatic rings. The predicted molar refractivity (Wildman–Crippen MR) is 194 cm³/mol. The monoisotopic (exact) mass is 727 g/mol. The molecule has 17 heteroatoms. The highest BCUT2D eigenvalue weighted by Gasteiger charge is 2.33. The Hall–Kier alpha value is -4.81. The van der Waals surface area contributed by atoms with Gasteiger partial charge in [0.25, 0.3) is 0 Å². The topological polar surface area (TPSA) is 282 Å². The van der Waals surface area contributed by atoms with Crippen LogP contribution in [0.2, 0.25) is 0 Å². The largest absolute Gasteiger partial charge is 0.508 e. The SMILES string of the molecule is CNCCC[C@@H]1NC(=O)[C@@H](NC)Cc2cc(ccc2O)-c2ccc(O)c(c2)C[C@@H](C(=O)N[C@@H](CCCN)C(=O)N[C@@H](CO)C(=O)NCCN)NC1=O. The van der Waals surface area contributed by atoms with Gasteiger partial charge in [0.05, 0.1) is 12.6 Å². The van der Waals surface area contributed by atoms with E-state index in [1.807, 2.05) is 0 Å². The lowest BCUT2D eigenvalue weighted by Gasteiger charge is -2.27. The molecule has 0 aromatic heterocycles. The minimum absolute atomic E-state index is 0.0186. The normalized spacial score (nSPS) is 18.8. The zero-order valence-electron chi connectivity index (χ0n) is 29.7. The maximum Gasteiger partial charge on any atom is 0.245 e. The predicted octanol–water partition coefficient (Wildman–Crippen LogP) is -2.80. The van der Waals surface area contributed by atoms with Crippen LogP contribution in [0.3, 0.4) is 0 Å². The van der Waals surface area contributed by atoms with Gasteiger partial charge < -0.3 is 64.0 Å². The standard InChI is InChI=1S/C35H53N9O8/c1-38-13-4-6-25-32(49)43-27(35(52)42-24(5-3-11-36)33(50)44-28(19-45)31(48)40-14-12-37)18-23-16-21(8-10-30(23)47)20-7-9-29(46)22(15-20)17-26(39-2)34(51)41-25/h7-10,15-16,24-28,38-39,45-47H,3-6,11-14,17-19,36-37H2,1-2H3,(H,40,48)(H,41,51)(H,42,52)(H,43,49)(H,44,50)/t24-,25-,26-,27-,28-/m0/s1. The van der Waals surface area contributed by atoms with Crippen molar-refractivity contribution in [2.75, 3.05) is 46.9 Å². The first-order chi connectivity index (χ1) is 24.9. The fraction of sp³-hybridized carbons (Fsp3) is 0.514. The van der Waals surface area contributed by atoms with E-state index in [0.717, 1.165) is 0 Å². The molecule has 3 rings (SSSR count). The molecule has 2 aromatic rings. The number of phenolic OH excluding ortho intramolecular Hbond substituents is 2. The van der Waals surface area contributed by atoms with Crippen LogP contribution in [0.5, 0.6) is 11.5 Å².